The van der Waals surface area contributed by atoms with Crippen LogP contribution in [0.25, 0.3) is 16.7 Å². The quantitative estimate of drug-likeness (QED) is 0.412. The molecule has 2 aromatic carbocycles. The van der Waals surface area contributed by atoms with Crippen molar-refractivity contribution in [3.63, 3.8) is 0 Å². The van der Waals surface area contributed by atoms with E-state index in [-0.39, 0.29) is 17.2 Å². The van der Waals surface area contributed by atoms with Gasteiger partial charge in [0, 0.05) is 6.54 Å². The van der Waals surface area contributed by atoms with Gasteiger partial charge in [-0.15, -0.1) is 0 Å². The maximum absolute atomic E-state index is 13.0. The zero-order valence-electron chi connectivity index (χ0n) is 19.2. The molecule has 168 valence electrons. The van der Waals surface area contributed by atoms with Crippen molar-refractivity contribution in [1.29, 1.82) is 5.26 Å². The van der Waals surface area contributed by atoms with Crippen molar-refractivity contribution in [2.75, 3.05) is 20.6 Å². The SMILES string of the molecule is Cc1cc(SC(C)C(=O)NCC(c2ccccc2)N(C)C)n2c(nc3ccccc32)c1C#N. The maximum Gasteiger partial charge on any atom is 0.233 e. The van der Waals surface area contributed by atoms with Crippen LogP contribution in [0.15, 0.2) is 65.7 Å². The number of hydrogen-bond donors (Lipinski definition) is 1. The number of fused-ring (bicyclic) bond motifs is 3. The van der Waals surface area contributed by atoms with Gasteiger partial charge in [-0.05, 0) is 57.3 Å². The minimum atomic E-state index is -0.319. The lowest BCUT2D eigenvalue weighted by Crippen LogP contribution is -2.38. The predicted octanol–water partition coefficient (Wildman–Crippen LogP) is 4.57. The molecule has 33 heavy (non-hydrogen) atoms. The molecule has 0 spiro atoms. The Bertz CT molecular complexity index is 1340. The standard InChI is InChI=1S/C26H27N5OS/c1-17-14-24(31-22-13-9-8-12-21(22)29-25(31)20(17)15-27)33-18(2)26(32)28-16-23(30(3)4)19-10-6-5-7-11-19/h5-14,18,23H,16H2,1-4H3,(H,28,32). The number of pyridine rings is 1. The van der Waals surface area contributed by atoms with Gasteiger partial charge in [-0.1, -0.05) is 54.2 Å². The largest absolute Gasteiger partial charge is 0.353 e. The van der Waals surface area contributed by atoms with E-state index in [0.717, 1.165) is 27.2 Å². The number of carbonyl (C=O) groups is 1. The van der Waals surface area contributed by atoms with Crippen LogP contribution in [-0.2, 0) is 4.79 Å². The normalized spacial score (nSPS) is 13.2. The number of thioether (sulfide) groups is 1. The van der Waals surface area contributed by atoms with Gasteiger partial charge in [0.05, 0.1) is 32.9 Å². The molecular weight excluding hydrogens is 430 g/mol. The number of aromatic nitrogens is 2. The molecule has 0 fully saturated rings. The Hall–Kier alpha value is -3.34. The average molecular weight is 458 g/mol. The third kappa shape index (κ3) is 4.58. The number of likely N-dealkylation sites (N-methyl/N-ethyl adjacent to an activating group) is 1. The molecule has 6 nitrogen and oxygen atoms in total. The first kappa shape index (κ1) is 22.8. The lowest BCUT2D eigenvalue weighted by molar-refractivity contribution is -0.120. The Labute approximate surface area is 198 Å². The fraction of sp³-hybridized carbons (Fsp3) is 0.269. The van der Waals surface area contributed by atoms with Gasteiger partial charge in [-0.3, -0.25) is 9.20 Å². The van der Waals surface area contributed by atoms with Gasteiger partial charge >= 0.3 is 0 Å². The second kappa shape index (κ2) is 9.65. The molecule has 2 heterocycles. The van der Waals surface area contributed by atoms with E-state index in [1.165, 1.54) is 11.8 Å². The number of hydrogen-bond acceptors (Lipinski definition) is 5. The van der Waals surface area contributed by atoms with Gasteiger partial charge in [-0.25, -0.2) is 4.98 Å². The molecule has 2 aromatic heterocycles. The predicted molar refractivity (Wildman–Crippen MR) is 133 cm³/mol. The molecular formula is C26H27N5OS. The third-order valence-electron chi connectivity index (χ3n) is 5.79. The Morgan fingerprint density at radius 3 is 2.58 bits per heavy atom. The molecule has 4 rings (SSSR count). The topological polar surface area (TPSA) is 73.4 Å². The van der Waals surface area contributed by atoms with Crippen molar-refractivity contribution >= 4 is 34.3 Å². The van der Waals surface area contributed by atoms with Gasteiger partial charge in [-0.2, -0.15) is 5.26 Å². The van der Waals surface area contributed by atoms with E-state index in [1.807, 2.05) is 80.9 Å². The molecule has 0 aliphatic carbocycles. The first-order valence-electron chi connectivity index (χ1n) is 10.9. The van der Waals surface area contributed by atoms with E-state index in [4.69, 9.17) is 4.98 Å². The van der Waals surface area contributed by atoms with Crippen molar-refractivity contribution < 1.29 is 4.79 Å². The van der Waals surface area contributed by atoms with Crippen LogP contribution in [0.4, 0.5) is 0 Å². The van der Waals surface area contributed by atoms with Crippen LogP contribution in [0.3, 0.4) is 0 Å². The Morgan fingerprint density at radius 1 is 1.18 bits per heavy atom. The summed E-state index contributed by atoms with van der Waals surface area (Å²) in [6.45, 7) is 4.34. The zero-order chi connectivity index (χ0) is 23.5. The summed E-state index contributed by atoms with van der Waals surface area (Å²) in [6, 6.07) is 22.3. The molecule has 0 aliphatic heterocycles. The minimum absolute atomic E-state index is 0.0256. The molecule has 1 amide bonds. The summed E-state index contributed by atoms with van der Waals surface area (Å²) in [6.07, 6.45) is 0. The van der Waals surface area contributed by atoms with Crippen LogP contribution in [-0.4, -0.2) is 46.1 Å². The summed E-state index contributed by atoms with van der Waals surface area (Å²) in [5.41, 5.74) is 4.96. The fourth-order valence-electron chi connectivity index (χ4n) is 3.99. The fourth-order valence-corrected chi connectivity index (χ4v) is 5.08. The molecule has 0 bridgehead atoms. The molecule has 2 unspecified atom stereocenters. The molecule has 7 heteroatoms. The van der Waals surface area contributed by atoms with Crippen LogP contribution in [0.1, 0.15) is 29.7 Å². The monoisotopic (exact) mass is 457 g/mol. The minimum Gasteiger partial charge on any atom is -0.353 e. The van der Waals surface area contributed by atoms with Crippen molar-refractivity contribution in [2.24, 2.45) is 0 Å². The molecule has 4 aromatic rings. The van der Waals surface area contributed by atoms with Gasteiger partial charge in [0.2, 0.25) is 5.91 Å². The first-order chi connectivity index (χ1) is 15.9. The number of amides is 1. The summed E-state index contributed by atoms with van der Waals surface area (Å²) in [7, 11) is 4.03. The third-order valence-corrected chi connectivity index (χ3v) is 6.90. The highest BCUT2D eigenvalue weighted by Gasteiger charge is 2.22. The van der Waals surface area contributed by atoms with Gasteiger partial charge in [0.1, 0.15) is 6.07 Å². The van der Waals surface area contributed by atoms with E-state index >= 15 is 0 Å². The molecule has 2 atom stereocenters. The summed E-state index contributed by atoms with van der Waals surface area (Å²) in [5, 5.41) is 13.4. The Kier molecular flexibility index (Phi) is 6.68. The number of para-hydroxylation sites is 2. The summed E-state index contributed by atoms with van der Waals surface area (Å²) in [4.78, 5) is 19.8. The van der Waals surface area contributed by atoms with Gasteiger partial charge in [0.15, 0.2) is 5.65 Å². The van der Waals surface area contributed by atoms with Crippen molar-refractivity contribution in [3.05, 3.63) is 77.4 Å². The van der Waals surface area contributed by atoms with Crippen LogP contribution in [0.5, 0.6) is 0 Å². The second-order valence-electron chi connectivity index (χ2n) is 8.31. The smallest absolute Gasteiger partial charge is 0.233 e. The summed E-state index contributed by atoms with van der Waals surface area (Å²) >= 11 is 1.48. The summed E-state index contributed by atoms with van der Waals surface area (Å²) < 4.78 is 1.99. The second-order valence-corrected chi connectivity index (χ2v) is 9.67. The molecule has 0 saturated heterocycles. The number of imidazole rings is 1. The molecule has 0 aliphatic rings. The highest BCUT2D eigenvalue weighted by atomic mass is 32.2. The van der Waals surface area contributed by atoms with Crippen LogP contribution in [0.2, 0.25) is 0 Å². The van der Waals surface area contributed by atoms with E-state index in [9.17, 15) is 10.1 Å². The number of rotatable bonds is 7. The molecule has 0 radical (unpaired) electrons. The number of aryl methyl sites for hydroxylation is 1. The van der Waals surface area contributed by atoms with Gasteiger partial charge < -0.3 is 10.2 Å². The highest BCUT2D eigenvalue weighted by molar-refractivity contribution is 8.00. The van der Waals surface area contributed by atoms with E-state index < -0.39 is 0 Å². The number of carbonyl (C=O) groups excluding carboxylic acids is 1. The van der Waals surface area contributed by atoms with Crippen LogP contribution < -0.4 is 5.32 Å². The van der Waals surface area contributed by atoms with E-state index in [0.29, 0.717) is 17.8 Å². The van der Waals surface area contributed by atoms with E-state index in [2.05, 4.69) is 28.4 Å². The van der Waals surface area contributed by atoms with Gasteiger partial charge in [0.25, 0.3) is 0 Å². The maximum atomic E-state index is 13.0. The Balaban J connectivity index is 1.58. The molecule has 0 saturated carbocycles. The van der Waals surface area contributed by atoms with E-state index in [1.54, 1.807) is 0 Å². The lowest BCUT2D eigenvalue weighted by Gasteiger charge is -2.25. The van der Waals surface area contributed by atoms with Crippen molar-refractivity contribution in [2.45, 2.75) is 30.2 Å². The Morgan fingerprint density at radius 2 is 1.88 bits per heavy atom. The first-order valence-corrected chi connectivity index (χ1v) is 11.7. The van der Waals surface area contributed by atoms with Crippen molar-refractivity contribution in [3.8, 4) is 6.07 Å². The van der Waals surface area contributed by atoms with Crippen LogP contribution >= 0.6 is 11.8 Å². The average Bonchev–Trinajstić information content (AvgIpc) is 3.19. The zero-order valence-corrected chi connectivity index (χ0v) is 20.1. The number of nitriles is 1. The number of benzene rings is 2. The summed E-state index contributed by atoms with van der Waals surface area (Å²) in [5.74, 6) is -0.0256. The van der Waals surface area contributed by atoms with Crippen LogP contribution in [0, 0.1) is 18.3 Å². The molecule has 1 N–H and O–H groups in total. The number of nitrogens with one attached hydrogen (secondary N) is 1. The van der Waals surface area contributed by atoms with Crippen molar-refractivity contribution in [1.82, 2.24) is 19.6 Å². The highest BCUT2D eigenvalue weighted by Crippen LogP contribution is 2.31. The lowest BCUT2D eigenvalue weighted by atomic mass is 10.1. The number of nitrogens with zero attached hydrogens (tertiary/aromatic N) is 4.